The van der Waals surface area contributed by atoms with Gasteiger partial charge in [0.05, 0.1) is 4.92 Å². The Morgan fingerprint density at radius 2 is 1.78 bits per heavy atom. The van der Waals surface area contributed by atoms with E-state index in [9.17, 15) is 19.7 Å². The third-order valence-corrected chi connectivity index (χ3v) is 2.05. The fourth-order valence-electron chi connectivity index (χ4n) is 1.21. The summed E-state index contributed by atoms with van der Waals surface area (Å²) in [6, 6.07) is 5.66. The highest BCUT2D eigenvalue weighted by Gasteiger charge is 2.09. The first-order valence-electron chi connectivity index (χ1n) is 5.05. The van der Waals surface area contributed by atoms with Gasteiger partial charge in [0.15, 0.2) is 0 Å². The average molecular weight is 249 g/mol. The maximum atomic E-state index is 11.3. The van der Waals surface area contributed by atoms with Crippen LogP contribution >= 0.6 is 0 Å². The second-order valence-corrected chi connectivity index (χ2v) is 3.56. The molecule has 18 heavy (non-hydrogen) atoms. The number of nitro groups is 1. The summed E-state index contributed by atoms with van der Waals surface area (Å²) in [5.74, 6) is -1.42. The molecule has 6 nitrogen and oxygen atoms in total. The molecule has 0 radical (unpaired) electrons. The van der Waals surface area contributed by atoms with E-state index in [-0.39, 0.29) is 11.3 Å². The first-order valence-corrected chi connectivity index (χ1v) is 5.05. The molecule has 0 amide bonds. The standard InChI is InChI=1S/C12H11NO5/c1-8(12(15)18-9(2)14)7-10-3-5-11(6-4-10)13(16)17/h3-7H,1-2H3. The second-order valence-electron chi connectivity index (χ2n) is 3.56. The minimum Gasteiger partial charge on any atom is -0.390 e. The molecular weight excluding hydrogens is 238 g/mol. The van der Waals surface area contributed by atoms with E-state index in [0.29, 0.717) is 5.56 Å². The van der Waals surface area contributed by atoms with Crippen LogP contribution in [-0.4, -0.2) is 16.9 Å². The minimum absolute atomic E-state index is 0.0314. The Hall–Kier alpha value is -2.50. The van der Waals surface area contributed by atoms with E-state index < -0.39 is 16.9 Å². The lowest BCUT2D eigenvalue weighted by Gasteiger charge is -2.00. The number of non-ortho nitro benzene ring substituents is 1. The van der Waals surface area contributed by atoms with E-state index in [1.165, 1.54) is 37.3 Å². The minimum atomic E-state index is -0.735. The van der Waals surface area contributed by atoms with Gasteiger partial charge in [-0.25, -0.2) is 4.79 Å². The van der Waals surface area contributed by atoms with Crippen LogP contribution in [0.15, 0.2) is 29.8 Å². The summed E-state index contributed by atoms with van der Waals surface area (Å²) in [4.78, 5) is 31.8. The molecule has 0 fully saturated rings. The van der Waals surface area contributed by atoms with Crippen LogP contribution in [0.2, 0.25) is 0 Å². The van der Waals surface area contributed by atoms with Crippen molar-refractivity contribution in [1.82, 2.24) is 0 Å². The van der Waals surface area contributed by atoms with Crippen LogP contribution in [0.1, 0.15) is 19.4 Å². The smallest absolute Gasteiger partial charge is 0.341 e. The van der Waals surface area contributed by atoms with Crippen molar-refractivity contribution in [3.63, 3.8) is 0 Å². The van der Waals surface area contributed by atoms with Crippen LogP contribution < -0.4 is 0 Å². The number of carbonyl (C=O) groups is 2. The zero-order valence-electron chi connectivity index (χ0n) is 9.88. The van der Waals surface area contributed by atoms with Gasteiger partial charge in [0, 0.05) is 24.6 Å². The van der Waals surface area contributed by atoms with Crippen molar-refractivity contribution in [3.8, 4) is 0 Å². The Balaban J connectivity index is 2.85. The number of ether oxygens (including phenoxy) is 1. The number of nitrogens with zero attached hydrogens (tertiary/aromatic N) is 1. The summed E-state index contributed by atoms with van der Waals surface area (Å²) in [7, 11) is 0. The molecule has 6 heteroatoms. The summed E-state index contributed by atoms with van der Waals surface area (Å²) < 4.78 is 4.39. The molecule has 0 heterocycles. The van der Waals surface area contributed by atoms with Crippen LogP contribution in [-0.2, 0) is 14.3 Å². The third-order valence-electron chi connectivity index (χ3n) is 2.05. The Morgan fingerprint density at radius 3 is 2.22 bits per heavy atom. The van der Waals surface area contributed by atoms with E-state index in [4.69, 9.17) is 0 Å². The van der Waals surface area contributed by atoms with Crippen LogP contribution in [0, 0.1) is 10.1 Å². The maximum absolute atomic E-state index is 11.3. The van der Waals surface area contributed by atoms with Crippen molar-refractivity contribution in [3.05, 3.63) is 45.5 Å². The molecule has 1 aromatic carbocycles. The molecule has 0 unspecified atom stereocenters. The number of hydrogen-bond acceptors (Lipinski definition) is 5. The molecule has 0 aliphatic rings. The quantitative estimate of drug-likeness (QED) is 0.269. The largest absolute Gasteiger partial charge is 0.390 e. The molecule has 0 atom stereocenters. The number of rotatable bonds is 3. The lowest BCUT2D eigenvalue weighted by atomic mass is 10.1. The third kappa shape index (κ3) is 3.82. The normalized spacial score (nSPS) is 10.9. The first-order chi connectivity index (χ1) is 8.40. The van der Waals surface area contributed by atoms with Crippen molar-refractivity contribution in [2.24, 2.45) is 0 Å². The van der Waals surface area contributed by atoms with Gasteiger partial charge in [-0.15, -0.1) is 0 Å². The van der Waals surface area contributed by atoms with E-state index in [1.54, 1.807) is 0 Å². The molecule has 0 bridgehead atoms. The number of benzene rings is 1. The lowest BCUT2D eigenvalue weighted by Crippen LogP contribution is -2.09. The van der Waals surface area contributed by atoms with Crippen molar-refractivity contribution >= 4 is 23.7 Å². The van der Waals surface area contributed by atoms with Crippen molar-refractivity contribution in [1.29, 1.82) is 0 Å². The van der Waals surface area contributed by atoms with Gasteiger partial charge in [0.1, 0.15) is 0 Å². The Labute approximate surface area is 103 Å². The summed E-state index contributed by atoms with van der Waals surface area (Å²) in [5.41, 5.74) is 0.814. The van der Waals surface area contributed by atoms with Crippen LogP contribution in [0.4, 0.5) is 5.69 Å². The van der Waals surface area contributed by atoms with Crippen molar-refractivity contribution < 1.29 is 19.2 Å². The highest BCUT2D eigenvalue weighted by Crippen LogP contribution is 2.14. The molecule has 0 spiro atoms. The summed E-state index contributed by atoms with van der Waals surface area (Å²) in [5, 5.41) is 10.4. The number of carbonyl (C=O) groups excluding carboxylic acids is 2. The van der Waals surface area contributed by atoms with Gasteiger partial charge in [-0.2, -0.15) is 0 Å². The molecule has 94 valence electrons. The molecule has 0 saturated carbocycles. The van der Waals surface area contributed by atoms with Crippen LogP contribution in [0.5, 0.6) is 0 Å². The molecule has 1 aromatic rings. The highest BCUT2D eigenvalue weighted by atomic mass is 16.6. The first kappa shape index (κ1) is 13.6. The van der Waals surface area contributed by atoms with Gasteiger partial charge in [-0.1, -0.05) is 0 Å². The average Bonchev–Trinajstić information content (AvgIpc) is 2.28. The summed E-state index contributed by atoms with van der Waals surface area (Å²) in [6.45, 7) is 2.63. The summed E-state index contributed by atoms with van der Waals surface area (Å²) in [6.07, 6.45) is 1.48. The monoisotopic (exact) mass is 249 g/mol. The van der Waals surface area contributed by atoms with Gasteiger partial charge in [-0.3, -0.25) is 14.9 Å². The molecule has 1 rings (SSSR count). The highest BCUT2D eigenvalue weighted by molar-refractivity contribution is 5.98. The molecule has 0 aliphatic carbocycles. The van der Waals surface area contributed by atoms with Crippen molar-refractivity contribution in [2.45, 2.75) is 13.8 Å². The Bertz CT molecular complexity index is 516. The van der Waals surface area contributed by atoms with Gasteiger partial charge in [0.2, 0.25) is 0 Å². The molecule has 0 saturated heterocycles. The predicted octanol–water partition coefficient (Wildman–Crippen LogP) is 2.09. The zero-order chi connectivity index (χ0) is 13.7. The van der Waals surface area contributed by atoms with Gasteiger partial charge < -0.3 is 4.74 Å². The zero-order valence-corrected chi connectivity index (χ0v) is 9.88. The van der Waals surface area contributed by atoms with E-state index >= 15 is 0 Å². The van der Waals surface area contributed by atoms with E-state index in [0.717, 1.165) is 6.92 Å². The molecular formula is C12H11NO5. The number of esters is 2. The lowest BCUT2D eigenvalue weighted by molar-refractivity contribution is -0.384. The van der Waals surface area contributed by atoms with Crippen molar-refractivity contribution in [2.75, 3.05) is 0 Å². The Kier molecular flexibility index (Phi) is 4.31. The number of hydrogen-bond donors (Lipinski definition) is 0. The molecule has 0 aliphatic heterocycles. The summed E-state index contributed by atoms with van der Waals surface area (Å²) >= 11 is 0. The number of nitro benzene ring substituents is 1. The van der Waals surface area contributed by atoms with E-state index in [1.807, 2.05) is 0 Å². The fraction of sp³-hybridized carbons (Fsp3) is 0.167. The van der Waals surface area contributed by atoms with Crippen LogP contribution in [0.25, 0.3) is 6.08 Å². The predicted molar refractivity (Wildman–Crippen MR) is 63.5 cm³/mol. The van der Waals surface area contributed by atoms with E-state index in [2.05, 4.69) is 4.74 Å². The maximum Gasteiger partial charge on any atom is 0.341 e. The Morgan fingerprint density at radius 1 is 1.22 bits per heavy atom. The van der Waals surface area contributed by atoms with Crippen LogP contribution in [0.3, 0.4) is 0 Å². The van der Waals surface area contributed by atoms with Gasteiger partial charge in [0.25, 0.3) is 5.69 Å². The van der Waals surface area contributed by atoms with Gasteiger partial charge >= 0.3 is 11.9 Å². The van der Waals surface area contributed by atoms with Gasteiger partial charge in [-0.05, 0) is 30.7 Å². The topological polar surface area (TPSA) is 86.5 Å². The fourth-order valence-corrected chi connectivity index (χ4v) is 1.21. The second kappa shape index (κ2) is 5.72. The molecule has 0 N–H and O–H groups in total. The molecule has 0 aromatic heterocycles. The SMILES string of the molecule is CC(=O)OC(=O)C(C)=Cc1ccc([N+](=O)[O-])cc1.